The summed E-state index contributed by atoms with van der Waals surface area (Å²) < 4.78 is 1.71. The minimum absolute atomic E-state index is 0.104. The second-order valence-electron chi connectivity index (χ2n) is 3.86. The molecule has 0 spiro atoms. The van der Waals surface area contributed by atoms with Crippen LogP contribution in [0.15, 0.2) is 6.20 Å². The number of rotatable bonds is 4. The quantitative estimate of drug-likeness (QED) is 0.780. The second-order valence-corrected chi connectivity index (χ2v) is 4.85. The highest BCUT2D eigenvalue weighted by Crippen LogP contribution is 2.14. The van der Waals surface area contributed by atoms with Gasteiger partial charge in [-0.25, -0.2) is 0 Å². The van der Waals surface area contributed by atoms with Crippen LogP contribution in [-0.2, 0) is 12.8 Å². The molecular weight excluding hydrogens is 184 g/mol. The van der Waals surface area contributed by atoms with Crippen molar-refractivity contribution in [2.75, 3.05) is 5.75 Å². The summed E-state index contributed by atoms with van der Waals surface area (Å²) in [5.41, 5.74) is 6.75. The van der Waals surface area contributed by atoms with Crippen molar-refractivity contribution in [2.45, 2.75) is 25.1 Å². The van der Waals surface area contributed by atoms with E-state index in [1.807, 2.05) is 27.1 Å². The first-order valence-electron chi connectivity index (χ1n) is 4.19. The summed E-state index contributed by atoms with van der Waals surface area (Å²) in [6.07, 6.45) is 1.93. The number of aromatic nitrogens is 3. The summed E-state index contributed by atoms with van der Waals surface area (Å²) in [5.74, 6) is 1.82. The predicted molar refractivity (Wildman–Crippen MR) is 55.4 cm³/mol. The molecule has 0 saturated carbocycles. The van der Waals surface area contributed by atoms with Crippen LogP contribution in [-0.4, -0.2) is 26.3 Å². The van der Waals surface area contributed by atoms with Gasteiger partial charge in [-0.3, -0.25) is 4.68 Å². The molecule has 0 amide bonds. The van der Waals surface area contributed by atoms with Crippen molar-refractivity contribution in [3.05, 3.63) is 11.9 Å². The fraction of sp³-hybridized carbons (Fsp3) is 0.750. The molecule has 1 heterocycles. The van der Waals surface area contributed by atoms with Gasteiger partial charge in [0.2, 0.25) is 0 Å². The van der Waals surface area contributed by atoms with Gasteiger partial charge in [-0.05, 0) is 13.8 Å². The van der Waals surface area contributed by atoms with Gasteiger partial charge >= 0.3 is 0 Å². The first kappa shape index (κ1) is 10.5. The fourth-order valence-electron chi connectivity index (χ4n) is 0.880. The monoisotopic (exact) mass is 200 g/mol. The Bertz CT molecular complexity index is 263. The molecule has 0 saturated heterocycles. The molecular formula is C8H16N4S. The van der Waals surface area contributed by atoms with Gasteiger partial charge in [0.05, 0.1) is 5.69 Å². The lowest BCUT2D eigenvalue weighted by Crippen LogP contribution is -2.34. The molecule has 0 atom stereocenters. The highest BCUT2D eigenvalue weighted by molar-refractivity contribution is 7.98. The van der Waals surface area contributed by atoms with Gasteiger partial charge in [-0.2, -0.15) is 11.8 Å². The van der Waals surface area contributed by atoms with Crippen molar-refractivity contribution < 1.29 is 0 Å². The molecule has 1 aromatic rings. The van der Waals surface area contributed by atoms with Gasteiger partial charge in [0.25, 0.3) is 0 Å². The highest BCUT2D eigenvalue weighted by atomic mass is 32.2. The van der Waals surface area contributed by atoms with Crippen LogP contribution >= 0.6 is 11.8 Å². The molecule has 1 aromatic heterocycles. The number of hydrogen-bond acceptors (Lipinski definition) is 4. The zero-order chi connectivity index (χ0) is 9.90. The zero-order valence-electron chi connectivity index (χ0n) is 8.32. The van der Waals surface area contributed by atoms with E-state index in [4.69, 9.17) is 5.73 Å². The maximum atomic E-state index is 5.84. The molecule has 0 aromatic carbocycles. The average Bonchev–Trinajstić information content (AvgIpc) is 2.33. The van der Waals surface area contributed by atoms with E-state index < -0.39 is 0 Å². The first-order valence-corrected chi connectivity index (χ1v) is 5.35. The van der Waals surface area contributed by atoms with Crippen molar-refractivity contribution >= 4 is 11.8 Å². The van der Waals surface area contributed by atoms with Gasteiger partial charge in [0, 0.05) is 30.3 Å². The van der Waals surface area contributed by atoms with Crippen LogP contribution in [0.25, 0.3) is 0 Å². The van der Waals surface area contributed by atoms with E-state index in [0.717, 1.165) is 17.2 Å². The molecule has 0 aliphatic carbocycles. The second kappa shape index (κ2) is 4.11. The van der Waals surface area contributed by atoms with Crippen LogP contribution < -0.4 is 5.73 Å². The average molecular weight is 200 g/mol. The molecule has 5 heteroatoms. The number of hydrogen-bond donors (Lipinski definition) is 1. The molecule has 13 heavy (non-hydrogen) atoms. The number of nitrogens with two attached hydrogens (primary N) is 1. The summed E-state index contributed by atoms with van der Waals surface area (Å²) in [7, 11) is 1.87. The van der Waals surface area contributed by atoms with Crippen LogP contribution in [0.3, 0.4) is 0 Å². The predicted octanol–water partition coefficient (Wildman–Crippen LogP) is 0.786. The Morgan fingerprint density at radius 3 is 2.77 bits per heavy atom. The maximum absolute atomic E-state index is 5.84. The smallest absolute Gasteiger partial charge is 0.0925 e. The Balaban J connectivity index is 2.28. The molecule has 0 fully saturated rings. The molecule has 0 aliphatic heterocycles. The Morgan fingerprint density at radius 2 is 2.31 bits per heavy atom. The standard InChI is InChI=1S/C8H16N4S/c1-8(2,9)6-13-5-7-4-12(3)11-10-7/h4H,5-6,9H2,1-3H3. The third-order valence-electron chi connectivity index (χ3n) is 1.37. The lowest BCUT2D eigenvalue weighted by Gasteiger charge is -2.16. The minimum Gasteiger partial charge on any atom is -0.325 e. The Kier molecular flexibility index (Phi) is 3.33. The van der Waals surface area contributed by atoms with Crippen LogP contribution in [0, 0.1) is 0 Å². The topological polar surface area (TPSA) is 56.7 Å². The largest absolute Gasteiger partial charge is 0.325 e. The normalized spacial score (nSPS) is 12.0. The highest BCUT2D eigenvalue weighted by Gasteiger charge is 2.10. The Labute approximate surface area is 82.9 Å². The number of nitrogens with zero attached hydrogens (tertiary/aromatic N) is 3. The third kappa shape index (κ3) is 4.28. The van der Waals surface area contributed by atoms with Crippen LogP contribution in [0.4, 0.5) is 0 Å². The molecule has 0 radical (unpaired) electrons. The molecule has 1 rings (SSSR count). The van der Waals surface area contributed by atoms with Crippen LogP contribution in [0.2, 0.25) is 0 Å². The van der Waals surface area contributed by atoms with Crippen molar-refractivity contribution in [2.24, 2.45) is 12.8 Å². The van der Waals surface area contributed by atoms with E-state index in [2.05, 4.69) is 10.3 Å². The van der Waals surface area contributed by atoms with E-state index in [-0.39, 0.29) is 5.54 Å². The van der Waals surface area contributed by atoms with Crippen LogP contribution in [0.5, 0.6) is 0 Å². The summed E-state index contributed by atoms with van der Waals surface area (Å²) in [5, 5.41) is 7.84. The molecule has 0 bridgehead atoms. The van der Waals surface area contributed by atoms with E-state index in [0.29, 0.717) is 0 Å². The minimum atomic E-state index is -0.104. The van der Waals surface area contributed by atoms with Crippen molar-refractivity contribution in [1.29, 1.82) is 0 Å². The van der Waals surface area contributed by atoms with Crippen molar-refractivity contribution in [3.8, 4) is 0 Å². The Hall–Kier alpha value is -0.550. The van der Waals surface area contributed by atoms with Gasteiger partial charge in [0.1, 0.15) is 0 Å². The summed E-state index contributed by atoms with van der Waals surface area (Å²) >= 11 is 1.79. The zero-order valence-corrected chi connectivity index (χ0v) is 9.14. The van der Waals surface area contributed by atoms with E-state index in [9.17, 15) is 0 Å². The van der Waals surface area contributed by atoms with E-state index >= 15 is 0 Å². The fourth-order valence-corrected chi connectivity index (χ4v) is 1.85. The van der Waals surface area contributed by atoms with Gasteiger partial charge in [-0.15, -0.1) is 5.10 Å². The maximum Gasteiger partial charge on any atom is 0.0925 e. The SMILES string of the molecule is Cn1cc(CSCC(C)(C)N)nn1. The van der Waals surface area contributed by atoms with Gasteiger partial charge < -0.3 is 5.73 Å². The molecule has 74 valence electrons. The first-order chi connectivity index (χ1) is 5.97. The number of aryl methyl sites for hydroxylation is 1. The molecule has 2 N–H and O–H groups in total. The molecule has 0 unspecified atom stereocenters. The van der Waals surface area contributed by atoms with E-state index in [1.165, 1.54) is 0 Å². The molecule has 0 aliphatic rings. The van der Waals surface area contributed by atoms with E-state index in [1.54, 1.807) is 16.4 Å². The molecule has 4 nitrogen and oxygen atoms in total. The summed E-state index contributed by atoms with van der Waals surface area (Å²) in [4.78, 5) is 0. The van der Waals surface area contributed by atoms with Crippen molar-refractivity contribution in [1.82, 2.24) is 15.0 Å². The third-order valence-corrected chi connectivity index (χ3v) is 2.82. The van der Waals surface area contributed by atoms with Crippen molar-refractivity contribution in [3.63, 3.8) is 0 Å². The summed E-state index contributed by atoms with van der Waals surface area (Å²) in [6, 6.07) is 0. The lowest BCUT2D eigenvalue weighted by atomic mass is 10.1. The lowest BCUT2D eigenvalue weighted by molar-refractivity contribution is 0.591. The van der Waals surface area contributed by atoms with Gasteiger partial charge in [0.15, 0.2) is 0 Å². The van der Waals surface area contributed by atoms with Crippen LogP contribution in [0.1, 0.15) is 19.5 Å². The summed E-state index contributed by atoms with van der Waals surface area (Å²) in [6.45, 7) is 4.05. The number of thioether (sulfide) groups is 1. The Morgan fingerprint density at radius 1 is 1.62 bits per heavy atom. The van der Waals surface area contributed by atoms with Gasteiger partial charge in [-0.1, -0.05) is 5.21 Å².